The van der Waals surface area contributed by atoms with Gasteiger partial charge in [-0.1, -0.05) is 18.2 Å². The molecule has 0 bridgehead atoms. The zero-order chi connectivity index (χ0) is 33.2. The summed E-state index contributed by atoms with van der Waals surface area (Å²) < 4.78 is 54.3. The summed E-state index contributed by atoms with van der Waals surface area (Å²) in [6.45, 7) is -0.715. The number of primary amides is 1. The highest BCUT2D eigenvalue weighted by atomic mass is 19.4. The molecule has 1 atom stereocenters. The molecule has 4 aromatic rings. The van der Waals surface area contributed by atoms with E-state index in [0.29, 0.717) is 29.8 Å². The van der Waals surface area contributed by atoms with Crippen LogP contribution in [0.3, 0.4) is 0 Å². The Balaban J connectivity index is 1.51. The summed E-state index contributed by atoms with van der Waals surface area (Å²) in [6.07, 6.45) is -3.99. The maximum atomic E-state index is 13.8. The number of nitrogens with two attached hydrogens (primary N) is 1. The second-order valence-corrected chi connectivity index (χ2v) is 10.8. The van der Waals surface area contributed by atoms with Gasteiger partial charge in [-0.25, -0.2) is 4.39 Å². The van der Waals surface area contributed by atoms with Gasteiger partial charge in [-0.15, -0.1) is 0 Å². The fourth-order valence-electron chi connectivity index (χ4n) is 5.44. The number of para-hydroxylation sites is 1. The number of fused-ring (bicyclic) bond motifs is 1. The number of carbonyl (C=O) groups excluding carboxylic acids is 3. The molecule has 11 nitrogen and oxygen atoms in total. The van der Waals surface area contributed by atoms with Gasteiger partial charge in [0.05, 0.1) is 29.2 Å². The Morgan fingerprint density at radius 3 is 2.43 bits per heavy atom. The zero-order valence-corrected chi connectivity index (χ0v) is 24.1. The maximum absolute atomic E-state index is 13.8. The van der Waals surface area contributed by atoms with Gasteiger partial charge in [0.25, 0.3) is 11.8 Å². The van der Waals surface area contributed by atoms with Crippen LogP contribution in [0.25, 0.3) is 10.9 Å². The van der Waals surface area contributed by atoms with Crippen molar-refractivity contribution in [3.05, 3.63) is 83.3 Å². The molecule has 2 heterocycles. The van der Waals surface area contributed by atoms with Crippen molar-refractivity contribution in [2.75, 3.05) is 28.6 Å². The number of halogens is 4. The molecule has 0 saturated carbocycles. The number of nitrogens with zero attached hydrogens (tertiary/aromatic N) is 3. The van der Waals surface area contributed by atoms with E-state index < -0.39 is 54.6 Å². The highest BCUT2D eigenvalue weighted by Gasteiger charge is 2.31. The van der Waals surface area contributed by atoms with Gasteiger partial charge in [-0.05, 0) is 60.9 Å². The topological polar surface area (TPSA) is 160 Å². The van der Waals surface area contributed by atoms with Gasteiger partial charge in [0.1, 0.15) is 12.4 Å². The van der Waals surface area contributed by atoms with Gasteiger partial charge in [0, 0.05) is 29.7 Å². The third kappa shape index (κ3) is 7.25. The second-order valence-electron chi connectivity index (χ2n) is 10.8. The van der Waals surface area contributed by atoms with E-state index in [1.165, 1.54) is 42.5 Å². The quantitative estimate of drug-likeness (QED) is 0.195. The van der Waals surface area contributed by atoms with Crippen molar-refractivity contribution in [3.8, 4) is 0 Å². The van der Waals surface area contributed by atoms with Gasteiger partial charge in [-0.2, -0.15) is 18.3 Å². The van der Waals surface area contributed by atoms with E-state index in [1.54, 1.807) is 6.07 Å². The molecule has 1 fully saturated rings. The molecule has 240 valence electrons. The first-order valence-corrected chi connectivity index (χ1v) is 14.1. The van der Waals surface area contributed by atoms with Gasteiger partial charge in [-0.3, -0.25) is 23.9 Å². The number of amides is 3. The van der Waals surface area contributed by atoms with Crippen molar-refractivity contribution in [1.82, 2.24) is 9.78 Å². The van der Waals surface area contributed by atoms with E-state index in [9.17, 15) is 41.8 Å². The third-order valence-electron chi connectivity index (χ3n) is 7.53. The minimum Gasteiger partial charge on any atom is -0.481 e. The van der Waals surface area contributed by atoms with Crippen molar-refractivity contribution in [1.29, 1.82) is 0 Å². The van der Waals surface area contributed by atoms with E-state index in [4.69, 9.17) is 5.73 Å². The highest BCUT2D eigenvalue weighted by molar-refractivity contribution is 6.13. The predicted octanol–water partition coefficient (Wildman–Crippen LogP) is 4.57. The molecule has 1 aliphatic rings. The number of hydrogen-bond donors (Lipinski definition) is 4. The van der Waals surface area contributed by atoms with Gasteiger partial charge in [0.2, 0.25) is 5.91 Å². The molecule has 1 aromatic heterocycles. The van der Waals surface area contributed by atoms with Crippen molar-refractivity contribution < 1.29 is 41.8 Å². The standard InChI is InChI=1S/C31H28F4N6O5/c32-20-8-9-22(19(12-20)14-26(42)43)37-29(45)17-7-10-25(40-11-3-4-18(15-40)28(36)44)23(13-17)38-30(46)27-21-5-1-2-6-24(21)41(39-27)16-31(33,34)35/h1-2,5-10,12-13,18H,3-4,11,14-16H2,(H2,36,44)(H,37,45)(H,38,46)(H,42,43). The van der Waals surface area contributed by atoms with Crippen molar-refractivity contribution in [2.24, 2.45) is 11.7 Å². The number of aliphatic carboxylic acids is 1. The lowest BCUT2D eigenvalue weighted by Crippen LogP contribution is -2.41. The number of hydrogen-bond acceptors (Lipinski definition) is 6. The number of benzene rings is 3. The van der Waals surface area contributed by atoms with Crippen LogP contribution in [0.2, 0.25) is 0 Å². The monoisotopic (exact) mass is 640 g/mol. The van der Waals surface area contributed by atoms with Crippen LogP contribution in [0, 0.1) is 11.7 Å². The molecule has 3 aromatic carbocycles. The number of alkyl halides is 3. The van der Waals surface area contributed by atoms with Crippen LogP contribution in [0.15, 0.2) is 60.7 Å². The Kier molecular flexibility index (Phi) is 8.94. The number of carboxylic acids is 1. The Hall–Kier alpha value is -5.47. The molecule has 0 aliphatic carbocycles. The smallest absolute Gasteiger partial charge is 0.408 e. The van der Waals surface area contributed by atoms with Crippen molar-refractivity contribution in [2.45, 2.75) is 32.0 Å². The number of carboxylic acid groups (broad SMARTS) is 1. The average molecular weight is 641 g/mol. The lowest BCUT2D eigenvalue weighted by molar-refractivity contribution is -0.142. The van der Waals surface area contributed by atoms with Crippen LogP contribution in [0.1, 0.15) is 39.3 Å². The first-order chi connectivity index (χ1) is 21.8. The molecule has 3 amide bonds. The summed E-state index contributed by atoms with van der Waals surface area (Å²) in [7, 11) is 0. The van der Waals surface area contributed by atoms with E-state index in [0.717, 1.165) is 12.1 Å². The maximum Gasteiger partial charge on any atom is 0.408 e. The molecule has 1 saturated heterocycles. The molecule has 1 unspecified atom stereocenters. The minimum absolute atomic E-state index is 0.0144. The Labute approximate surface area is 259 Å². The number of anilines is 3. The second kappa shape index (κ2) is 12.9. The number of rotatable bonds is 9. The van der Waals surface area contributed by atoms with Crippen LogP contribution >= 0.6 is 0 Å². The Morgan fingerprint density at radius 2 is 1.72 bits per heavy atom. The third-order valence-corrected chi connectivity index (χ3v) is 7.53. The number of nitrogens with one attached hydrogen (secondary N) is 2. The van der Waals surface area contributed by atoms with Crippen molar-refractivity contribution >= 4 is 51.7 Å². The average Bonchev–Trinajstić information content (AvgIpc) is 3.35. The molecule has 1 aliphatic heterocycles. The molecule has 5 N–H and O–H groups in total. The van der Waals surface area contributed by atoms with Crippen LogP contribution in [-0.2, 0) is 22.6 Å². The summed E-state index contributed by atoms with van der Waals surface area (Å²) >= 11 is 0. The SMILES string of the molecule is NC(=O)C1CCCN(c2ccc(C(=O)Nc3ccc(F)cc3CC(=O)O)cc2NC(=O)c2nn(CC(F)(F)F)c3ccccc23)C1. The molecular weight excluding hydrogens is 612 g/mol. The lowest BCUT2D eigenvalue weighted by atomic mass is 9.96. The summed E-state index contributed by atoms with van der Waals surface area (Å²) in [6, 6.07) is 13.6. The van der Waals surface area contributed by atoms with Gasteiger partial charge in [0.15, 0.2) is 5.69 Å². The number of piperidine rings is 1. The van der Waals surface area contributed by atoms with E-state index in [-0.39, 0.29) is 45.6 Å². The number of carbonyl (C=O) groups is 4. The lowest BCUT2D eigenvalue weighted by Gasteiger charge is -2.34. The first kappa shape index (κ1) is 31.9. The van der Waals surface area contributed by atoms with Gasteiger partial charge < -0.3 is 26.4 Å². The van der Waals surface area contributed by atoms with E-state index in [1.807, 2.05) is 4.90 Å². The van der Waals surface area contributed by atoms with Gasteiger partial charge >= 0.3 is 12.1 Å². The van der Waals surface area contributed by atoms with Crippen molar-refractivity contribution in [3.63, 3.8) is 0 Å². The molecule has 0 radical (unpaired) electrons. The minimum atomic E-state index is -4.60. The summed E-state index contributed by atoms with van der Waals surface area (Å²) in [5.41, 5.74) is 5.98. The van der Waals surface area contributed by atoms with Crippen LogP contribution in [-0.4, -0.2) is 57.8 Å². The zero-order valence-electron chi connectivity index (χ0n) is 24.1. The largest absolute Gasteiger partial charge is 0.481 e. The molecule has 5 rings (SSSR count). The fraction of sp³-hybridized carbons (Fsp3) is 0.258. The van der Waals surface area contributed by atoms with Crippen LogP contribution < -0.4 is 21.3 Å². The highest BCUT2D eigenvalue weighted by Crippen LogP contribution is 2.33. The van der Waals surface area contributed by atoms with Crippen LogP contribution in [0.5, 0.6) is 0 Å². The molecule has 46 heavy (non-hydrogen) atoms. The normalized spacial score (nSPS) is 15.0. The first-order valence-electron chi connectivity index (χ1n) is 14.1. The molecule has 0 spiro atoms. The number of aromatic nitrogens is 2. The summed E-state index contributed by atoms with van der Waals surface area (Å²) in [5.74, 6) is -4.46. The summed E-state index contributed by atoms with van der Waals surface area (Å²) in [4.78, 5) is 52.0. The fourth-order valence-corrected chi connectivity index (χ4v) is 5.44. The summed E-state index contributed by atoms with van der Waals surface area (Å²) in [5, 5.41) is 18.6. The Morgan fingerprint density at radius 1 is 0.978 bits per heavy atom. The van der Waals surface area contributed by atoms with E-state index >= 15 is 0 Å². The predicted molar refractivity (Wildman–Crippen MR) is 160 cm³/mol. The molecular formula is C31H28F4N6O5. The van der Waals surface area contributed by atoms with E-state index in [2.05, 4.69) is 15.7 Å². The Bertz CT molecular complexity index is 1840. The van der Waals surface area contributed by atoms with Crippen LogP contribution in [0.4, 0.5) is 34.6 Å². The molecule has 15 heteroatoms.